The first-order valence-electron chi connectivity index (χ1n) is 22.2. The summed E-state index contributed by atoms with van der Waals surface area (Å²) in [5.41, 5.74) is 3.76. The van der Waals surface area contributed by atoms with E-state index in [0.29, 0.717) is 39.6 Å². The molecule has 0 aliphatic carbocycles. The van der Waals surface area contributed by atoms with Gasteiger partial charge in [-0.2, -0.15) is 10.2 Å². The summed E-state index contributed by atoms with van der Waals surface area (Å²) in [5, 5.41) is 31.6. The van der Waals surface area contributed by atoms with E-state index >= 15 is 0 Å². The summed E-state index contributed by atoms with van der Waals surface area (Å²) < 4.78 is 51.6. The topological polar surface area (TPSA) is 313 Å². The van der Waals surface area contributed by atoms with Gasteiger partial charge in [0.2, 0.25) is 5.60 Å². The molecule has 9 aromatic rings. The lowest BCUT2D eigenvalue weighted by atomic mass is 10.1. The molecule has 380 valence electrons. The summed E-state index contributed by atoms with van der Waals surface area (Å²) in [6.07, 6.45) is 5.52. The molecule has 0 fully saturated rings. The van der Waals surface area contributed by atoms with Crippen LogP contribution in [0.2, 0.25) is 0 Å². The molecule has 0 aliphatic rings. The van der Waals surface area contributed by atoms with Crippen LogP contribution in [0.4, 0.5) is 20.4 Å². The number of primary amides is 1. The molecule has 9 rings (SSSR count). The number of carbonyl (C=O) groups is 5. The molecule has 75 heavy (non-hydrogen) atoms. The number of ether oxygens (including phenoxy) is 2. The first-order valence-corrected chi connectivity index (χ1v) is 22.2. The molecule has 0 aliphatic heterocycles. The van der Waals surface area contributed by atoms with Crippen molar-refractivity contribution < 1.29 is 56.4 Å². The largest absolute Gasteiger partial charge is 0.466 e. The number of carbonyl (C=O) groups excluding carboxylic acids is 5. The summed E-state index contributed by atoms with van der Waals surface area (Å²) in [4.78, 5) is 79.0. The number of hydrogen-bond acceptors (Lipinski definition) is 18. The maximum atomic E-state index is 14.4. The van der Waals surface area contributed by atoms with Gasteiger partial charge in [-0.15, -0.1) is 0 Å². The molecule has 5 N–H and O–H groups in total. The summed E-state index contributed by atoms with van der Waals surface area (Å²) in [5.74, 6) is -5.81. The minimum Gasteiger partial charge on any atom is -0.466 e. The Morgan fingerprint density at radius 3 is 1.56 bits per heavy atom. The Morgan fingerprint density at radius 2 is 1.12 bits per heavy atom. The summed E-state index contributed by atoms with van der Waals surface area (Å²) in [6, 6.07) is 29.8. The summed E-state index contributed by atoms with van der Waals surface area (Å²) >= 11 is 0. The standard InChI is InChI=1S/C29H23FN6O6.C21H18FN7O4/c1-29(28(39)40-2,42-26(37)18-8-4-3-5-9-18)27(38)33-24-12-14-31-25(32-24)22-16-23(21-13-15-41-35-21)36(34-22)17-19-10-6-7-11-20(19)30;1-21(32,19(23)30)20(31)26-17-6-8-24-18(25-17)15-10-16(14-7-9-33-28-14)29(27-15)11-12-4-2-3-5-13(12)22/h3-16H,17H2,1-2H3,(H,31,32,33,38);2-10,32H,11H2,1H3,(H2,23,30)(H,24,25,26,31). The maximum Gasteiger partial charge on any atom is 0.360 e. The number of benzene rings is 3. The van der Waals surface area contributed by atoms with Gasteiger partial charge in [0, 0.05) is 35.7 Å². The van der Waals surface area contributed by atoms with Crippen LogP contribution >= 0.6 is 0 Å². The van der Waals surface area contributed by atoms with Crippen molar-refractivity contribution >= 4 is 41.3 Å². The maximum absolute atomic E-state index is 14.4. The quantitative estimate of drug-likeness (QED) is 0.0708. The highest BCUT2D eigenvalue weighted by atomic mass is 19.1. The van der Waals surface area contributed by atoms with Crippen molar-refractivity contribution in [3.05, 3.63) is 169 Å². The molecular formula is C50H41F2N13O10. The van der Waals surface area contributed by atoms with E-state index in [0.717, 1.165) is 21.0 Å². The van der Waals surface area contributed by atoms with Crippen molar-refractivity contribution in [3.8, 4) is 45.8 Å². The van der Waals surface area contributed by atoms with Crippen LogP contribution < -0.4 is 16.4 Å². The Hall–Kier alpha value is -10.2. The van der Waals surface area contributed by atoms with E-state index in [1.165, 1.54) is 70.7 Å². The highest BCUT2D eigenvalue weighted by Gasteiger charge is 2.47. The Kier molecular flexibility index (Phi) is 15.1. The number of amides is 3. The number of methoxy groups -OCH3 is 1. The zero-order valence-electron chi connectivity index (χ0n) is 39.6. The lowest BCUT2D eigenvalue weighted by Crippen LogP contribution is -2.51. The van der Waals surface area contributed by atoms with Crippen molar-refractivity contribution in [2.24, 2.45) is 5.73 Å². The van der Waals surface area contributed by atoms with Gasteiger partial charge in [-0.05, 0) is 62.4 Å². The molecular weight excluding hydrogens is 981 g/mol. The Labute approximate surface area is 422 Å². The zero-order chi connectivity index (χ0) is 53.3. The highest BCUT2D eigenvalue weighted by Crippen LogP contribution is 2.28. The van der Waals surface area contributed by atoms with Crippen LogP contribution in [-0.2, 0) is 41.7 Å². The molecule has 23 nitrogen and oxygen atoms in total. The molecule has 2 unspecified atom stereocenters. The number of esters is 2. The normalized spacial score (nSPS) is 12.5. The first kappa shape index (κ1) is 51.2. The van der Waals surface area contributed by atoms with Crippen LogP contribution in [0.5, 0.6) is 0 Å². The molecule has 25 heteroatoms. The third-order valence-electron chi connectivity index (χ3n) is 11.0. The number of aliphatic hydroxyl groups is 1. The van der Waals surface area contributed by atoms with Gasteiger partial charge in [0.1, 0.15) is 58.6 Å². The van der Waals surface area contributed by atoms with Gasteiger partial charge in [0.25, 0.3) is 23.3 Å². The van der Waals surface area contributed by atoms with Crippen molar-refractivity contribution in [2.45, 2.75) is 38.1 Å². The molecule has 6 heterocycles. The monoisotopic (exact) mass is 1020 g/mol. The van der Waals surface area contributed by atoms with Crippen molar-refractivity contribution in [2.75, 3.05) is 17.7 Å². The van der Waals surface area contributed by atoms with E-state index in [1.807, 2.05) is 0 Å². The molecule has 0 saturated heterocycles. The van der Waals surface area contributed by atoms with Crippen molar-refractivity contribution in [3.63, 3.8) is 0 Å². The third-order valence-corrected chi connectivity index (χ3v) is 11.0. The smallest absolute Gasteiger partial charge is 0.360 e. The van der Waals surface area contributed by atoms with E-state index in [-0.39, 0.29) is 53.4 Å². The van der Waals surface area contributed by atoms with Crippen LogP contribution in [-0.4, -0.2) is 103 Å². The Morgan fingerprint density at radius 1 is 0.653 bits per heavy atom. The van der Waals surface area contributed by atoms with Crippen LogP contribution in [0.15, 0.2) is 149 Å². The average molecular weight is 1020 g/mol. The number of nitrogens with one attached hydrogen (secondary N) is 2. The average Bonchev–Trinajstić information content (AvgIpc) is 4.27. The molecule has 3 amide bonds. The van der Waals surface area contributed by atoms with Gasteiger partial charge in [0.05, 0.1) is 37.2 Å². The molecule has 2 atom stereocenters. The molecule has 0 bridgehead atoms. The number of rotatable bonds is 16. The third kappa shape index (κ3) is 11.6. The highest BCUT2D eigenvalue weighted by molar-refractivity contribution is 6.13. The fourth-order valence-corrected chi connectivity index (χ4v) is 6.85. The van der Waals surface area contributed by atoms with E-state index in [9.17, 15) is 37.9 Å². The number of nitrogens with two attached hydrogens (primary N) is 1. The van der Waals surface area contributed by atoms with E-state index in [1.54, 1.807) is 78.9 Å². The summed E-state index contributed by atoms with van der Waals surface area (Å²) in [6.45, 7) is 2.27. The number of hydrogen-bond donors (Lipinski definition) is 4. The van der Waals surface area contributed by atoms with Crippen LogP contribution in [0, 0.1) is 11.6 Å². The minimum absolute atomic E-state index is 0.0115. The fourth-order valence-electron chi connectivity index (χ4n) is 6.85. The molecule has 0 radical (unpaired) electrons. The van der Waals surface area contributed by atoms with Gasteiger partial charge in [-0.3, -0.25) is 23.7 Å². The lowest BCUT2D eigenvalue weighted by Gasteiger charge is -2.25. The molecule has 0 saturated carbocycles. The Bertz CT molecular complexity index is 3520. The van der Waals surface area contributed by atoms with Crippen LogP contribution in [0.1, 0.15) is 35.3 Å². The van der Waals surface area contributed by atoms with Gasteiger partial charge in [-0.25, -0.2) is 38.3 Å². The molecule has 0 spiro atoms. The molecule has 3 aromatic carbocycles. The zero-order valence-corrected chi connectivity index (χ0v) is 39.6. The van der Waals surface area contributed by atoms with E-state index in [4.69, 9.17) is 24.3 Å². The number of nitrogens with zero attached hydrogens (tertiary/aromatic N) is 10. The lowest BCUT2D eigenvalue weighted by molar-refractivity contribution is -0.165. The van der Waals surface area contributed by atoms with Crippen LogP contribution in [0.3, 0.4) is 0 Å². The van der Waals surface area contributed by atoms with Gasteiger partial charge >= 0.3 is 11.9 Å². The first-order chi connectivity index (χ1) is 36.0. The van der Waals surface area contributed by atoms with Crippen molar-refractivity contribution in [1.29, 1.82) is 0 Å². The van der Waals surface area contributed by atoms with Gasteiger partial charge < -0.3 is 40.0 Å². The Balaban J connectivity index is 0.000000205. The predicted octanol–water partition coefficient (Wildman–Crippen LogP) is 5.27. The number of halogens is 2. The van der Waals surface area contributed by atoms with Gasteiger partial charge in [0.15, 0.2) is 11.6 Å². The van der Waals surface area contributed by atoms with E-state index < -0.39 is 46.7 Å². The number of anilines is 2. The minimum atomic E-state index is -2.42. The van der Waals surface area contributed by atoms with Gasteiger partial charge in [-0.1, -0.05) is 64.9 Å². The second-order valence-corrected chi connectivity index (χ2v) is 16.3. The predicted molar refractivity (Wildman–Crippen MR) is 258 cm³/mol. The van der Waals surface area contributed by atoms with E-state index in [2.05, 4.69) is 51.1 Å². The SMILES string of the molecule is CC(O)(C(N)=O)C(=O)Nc1ccnc(-c2cc(-c3ccon3)n(Cc3ccccc3F)n2)n1.COC(=O)C(C)(OC(=O)c1ccccc1)C(=O)Nc1ccnc(-c2cc(-c3ccon3)n(Cc3ccccc3F)n2)n1. The summed E-state index contributed by atoms with van der Waals surface area (Å²) in [7, 11) is 1.07. The number of aromatic nitrogens is 10. The van der Waals surface area contributed by atoms with Crippen LogP contribution in [0.25, 0.3) is 45.8 Å². The second-order valence-electron chi connectivity index (χ2n) is 16.3. The fraction of sp³-hybridized carbons (Fsp3) is 0.140. The van der Waals surface area contributed by atoms with Crippen molar-refractivity contribution in [1.82, 2.24) is 49.8 Å². The second kappa shape index (κ2) is 22.1. The molecule has 6 aromatic heterocycles.